The summed E-state index contributed by atoms with van der Waals surface area (Å²) < 4.78 is 40.5. The molecule has 0 saturated carbocycles. The van der Waals surface area contributed by atoms with E-state index in [1.165, 1.54) is 31.3 Å². The minimum Gasteiger partial charge on any atom is -0.497 e. The van der Waals surface area contributed by atoms with E-state index in [0.29, 0.717) is 12.3 Å². The summed E-state index contributed by atoms with van der Waals surface area (Å²) in [6.45, 7) is 5.89. The third-order valence-corrected chi connectivity index (χ3v) is 9.45. The van der Waals surface area contributed by atoms with Gasteiger partial charge in [-0.25, -0.2) is 8.42 Å². The Morgan fingerprint density at radius 1 is 0.809 bits per heavy atom. The van der Waals surface area contributed by atoms with Gasteiger partial charge in [-0.1, -0.05) is 86.1 Å². The highest BCUT2D eigenvalue weighted by Crippen LogP contribution is 2.33. The maximum Gasteiger partial charge on any atom is 0.264 e. The molecule has 4 aromatic rings. The molecule has 0 aromatic heterocycles. The molecule has 0 spiro atoms. The Labute approximate surface area is 278 Å². The number of ether oxygens (including phenoxy) is 2. The van der Waals surface area contributed by atoms with Crippen LogP contribution in [0.2, 0.25) is 0 Å². The second kappa shape index (κ2) is 16.1. The third-order valence-electron chi connectivity index (χ3n) is 7.67. The Morgan fingerprint density at radius 3 is 2.11 bits per heavy atom. The maximum atomic E-state index is 14.6. The number of anilines is 1. The van der Waals surface area contributed by atoms with Crippen LogP contribution < -0.4 is 19.1 Å². The Bertz CT molecular complexity index is 1740. The van der Waals surface area contributed by atoms with Gasteiger partial charge in [0, 0.05) is 19.5 Å². The average molecular weight is 658 g/mol. The zero-order valence-corrected chi connectivity index (χ0v) is 28.4. The summed E-state index contributed by atoms with van der Waals surface area (Å²) in [5, 5.41) is 3.01. The van der Waals surface area contributed by atoms with Crippen molar-refractivity contribution in [1.29, 1.82) is 0 Å². The van der Waals surface area contributed by atoms with Crippen LogP contribution in [0, 0.1) is 12.8 Å². The van der Waals surface area contributed by atoms with Gasteiger partial charge in [0.05, 0.1) is 24.8 Å². The second-order valence-electron chi connectivity index (χ2n) is 11.7. The standard InChI is InChI=1S/C37H43N3O6S/c1-27(2)24-38-37(42)34(23-29-13-7-6-8-14-29)39(25-30-15-11-12-28(3)22-30)36(41)26-40(33-16-9-10-17-35(33)46-5)47(43,44)32-20-18-31(45-4)19-21-32/h6-22,27,34H,23-26H2,1-5H3,(H,38,42). The first-order valence-corrected chi connectivity index (χ1v) is 16.9. The number of methoxy groups -OCH3 is 2. The molecule has 1 N–H and O–H groups in total. The van der Waals surface area contributed by atoms with E-state index in [1.54, 1.807) is 36.4 Å². The third kappa shape index (κ3) is 9.13. The molecule has 0 aliphatic carbocycles. The van der Waals surface area contributed by atoms with Crippen molar-refractivity contribution < 1.29 is 27.5 Å². The number of carbonyl (C=O) groups is 2. The smallest absolute Gasteiger partial charge is 0.264 e. The van der Waals surface area contributed by atoms with E-state index in [9.17, 15) is 18.0 Å². The van der Waals surface area contributed by atoms with Crippen LogP contribution in [0.5, 0.6) is 11.5 Å². The molecular weight excluding hydrogens is 614 g/mol. The van der Waals surface area contributed by atoms with E-state index in [0.717, 1.165) is 21.0 Å². The monoisotopic (exact) mass is 657 g/mol. The van der Waals surface area contributed by atoms with Gasteiger partial charge in [0.2, 0.25) is 11.8 Å². The van der Waals surface area contributed by atoms with Crippen LogP contribution in [0.25, 0.3) is 0 Å². The maximum absolute atomic E-state index is 14.6. The van der Waals surface area contributed by atoms with Crippen molar-refractivity contribution in [1.82, 2.24) is 10.2 Å². The SMILES string of the molecule is COc1ccc(S(=O)(=O)N(CC(=O)N(Cc2cccc(C)c2)C(Cc2ccccc2)C(=O)NCC(C)C)c2ccccc2OC)cc1. The van der Waals surface area contributed by atoms with E-state index in [-0.39, 0.29) is 41.1 Å². The molecule has 1 atom stereocenters. The molecule has 47 heavy (non-hydrogen) atoms. The summed E-state index contributed by atoms with van der Waals surface area (Å²) in [5.74, 6) is 0.0935. The first-order chi connectivity index (χ1) is 22.5. The summed E-state index contributed by atoms with van der Waals surface area (Å²) >= 11 is 0. The highest BCUT2D eigenvalue weighted by atomic mass is 32.2. The number of benzene rings is 4. The quantitative estimate of drug-likeness (QED) is 0.178. The first kappa shape index (κ1) is 35.0. The molecule has 0 bridgehead atoms. The van der Waals surface area contributed by atoms with E-state index in [4.69, 9.17) is 9.47 Å². The lowest BCUT2D eigenvalue weighted by molar-refractivity contribution is -0.140. The fourth-order valence-electron chi connectivity index (χ4n) is 5.21. The molecule has 0 aliphatic heterocycles. The molecule has 248 valence electrons. The molecule has 0 saturated heterocycles. The van der Waals surface area contributed by atoms with Crippen molar-refractivity contribution in [2.45, 2.75) is 44.7 Å². The molecule has 2 amide bonds. The summed E-state index contributed by atoms with van der Waals surface area (Å²) in [6.07, 6.45) is 0.238. The van der Waals surface area contributed by atoms with Crippen LogP contribution >= 0.6 is 0 Å². The van der Waals surface area contributed by atoms with Crippen molar-refractivity contribution in [2.75, 3.05) is 31.6 Å². The van der Waals surface area contributed by atoms with Gasteiger partial charge in [0.15, 0.2) is 0 Å². The molecule has 0 radical (unpaired) electrons. The number of para-hydroxylation sites is 2. The van der Waals surface area contributed by atoms with E-state index >= 15 is 0 Å². The second-order valence-corrected chi connectivity index (χ2v) is 13.6. The van der Waals surface area contributed by atoms with Gasteiger partial charge in [-0.05, 0) is 60.4 Å². The molecule has 4 aromatic carbocycles. The van der Waals surface area contributed by atoms with Crippen molar-refractivity contribution in [3.05, 3.63) is 120 Å². The van der Waals surface area contributed by atoms with Crippen molar-refractivity contribution in [3.63, 3.8) is 0 Å². The summed E-state index contributed by atoms with van der Waals surface area (Å²) in [7, 11) is -1.36. The summed E-state index contributed by atoms with van der Waals surface area (Å²) in [5.41, 5.74) is 2.87. The van der Waals surface area contributed by atoms with Gasteiger partial charge >= 0.3 is 0 Å². The molecule has 10 heteroatoms. The predicted molar refractivity (Wildman–Crippen MR) is 184 cm³/mol. The number of rotatable bonds is 15. The van der Waals surface area contributed by atoms with E-state index in [1.807, 2.05) is 75.4 Å². The number of hydrogen-bond donors (Lipinski definition) is 1. The van der Waals surface area contributed by atoms with E-state index < -0.39 is 28.5 Å². The lowest BCUT2D eigenvalue weighted by atomic mass is 10.0. The van der Waals surface area contributed by atoms with Crippen LogP contribution in [0.1, 0.15) is 30.5 Å². The highest BCUT2D eigenvalue weighted by Gasteiger charge is 2.35. The predicted octanol–water partition coefficient (Wildman–Crippen LogP) is 5.62. The van der Waals surface area contributed by atoms with Crippen LogP contribution in [-0.2, 0) is 32.6 Å². The number of hydrogen-bond acceptors (Lipinski definition) is 6. The summed E-state index contributed by atoms with van der Waals surface area (Å²) in [6, 6.07) is 28.9. The van der Waals surface area contributed by atoms with Crippen molar-refractivity contribution in [3.8, 4) is 11.5 Å². The number of nitrogens with zero attached hydrogens (tertiary/aromatic N) is 2. The van der Waals surface area contributed by atoms with Crippen molar-refractivity contribution in [2.24, 2.45) is 5.92 Å². The lowest BCUT2D eigenvalue weighted by Gasteiger charge is -2.34. The molecule has 0 fully saturated rings. The first-order valence-electron chi connectivity index (χ1n) is 15.5. The van der Waals surface area contributed by atoms with Crippen LogP contribution in [0.4, 0.5) is 5.69 Å². The largest absolute Gasteiger partial charge is 0.497 e. The average Bonchev–Trinajstić information content (AvgIpc) is 3.08. The zero-order chi connectivity index (χ0) is 34.0. The minimum absolute atomic E-state index is 0.0299. The molecule has 4 rings (SSSR count). The van der Waals surface area contributed by atoms with Gasteiger partial charge in [0.25, 0.3) is 10.0 Å². The lowest BCUT2D eigenvalue weighted by Crippen LogP contribution is -2.53. The molecule has 0 heterocycles. The Morgan fingerprint density at radius 2 is 1.47 bits per heavy atom. The van der Waals surface area contributed by atoms with Crippen molar-refractivity contribution >= 4 is 27.5 Å². The van der Waals surface area contributed by atoms with Gasteiger partial charge in [-0.15, -0.1) is 0 Å². The van der Waals surface area contributed by atoms with Gasteiger partial charge in [-0.3, -0.25) is 13.9 Å². The highest BCUT2D eigenvalue weighted by molar-refractivity contribution is 7.92. The number of sulfonamides is 1. The molecular formula is C37H43N3O6S. The van der Waals surface area contributed by atoms with Crippen LogP contribution in [0.15, 0.2) is 108 Å². The Balaban J connectivity index is 1.83. The van der Waals surface area contributed by atoms with Gasteiger partial charge < -0.3 is 19.7 Å². The number of nitrogens with one attached hydrogen (secondary N) is 1. The zero-order valence-electron chi connectivity index (χ0n) is 27.6. The summed E-state index contributed by atoms with van der Waals surface area (Å²) in [4.78, 5) is 30.0. The Kier molecular flexibility index (Phi) is 12.0. The Hall–Kier alpha value is -4.83. The van der Waals surface area contributed by atoms with Gasteiger partial charge in [0.1, 0.15) is 24.1 Å². The fourth-order valence-corrected chi connectivity index (χ4v) is 6.63. The minimum atomic E-state index is -4.30. The number of carbonyl (C=O) groups excluding carboxylic acids is 2. The topological polar surface area (TPSA) is 105 Å². The fraction of sp³-hybridized carbons (Fsp3) is 0.297. The molecule has 0 aliphatic rings. The van der Waals surface area contributed by atoms with E-state index in [2.05, 4.69) is 5.32 Å². The van der Waals surface area contributed by atoms with Crippen LogP contribution in [-0.4, -0.2) is 58.5 Å². The molecule has 1 unspecified atom stereocenters. The van der Waals surface area contributed by atoms with Gasteiger partial charge in [-0.2, -0.15) is 0 Å². The number of amides is 2. The van der Waals surface area contributed by atoms with Crippen LogP contribution in [0.3, 0.4) is 0 Å². The number of aryl methyl sites for hydroxylation is 1. The molecule has 9 nitrogen and oxygen atoms in total. The normalized spacial score (nSPS) is 11.9.